The number of benzene rings is 2. The molecule has 0 unspecified atom stereocenters. The van der Waals surface area contributed by atoms with E-state index in [1.165, 1.54) is 0 Å². The number of likely N-dealkylation sites (N-methyl/N-ethyl adjacent to an activating group) is 1. The number of carbonyl (C=O) groups is 3. The summed E-state index contributed by atoms with van der Waals surface area (Å²) in [5.74, 6) is -1.78. The van der Waals surface area contributed by atoms with Gasteiger partial charge in [-0.05, 0) is 101 Å². The highest BCUT2D eigenvalue weighted by Gasteiger charge is 2.69. The molecule has 4 aliphatic rings. The summed E-state index contributed by atoms with van der Waals surface area (Å²) in [6.07, 6.45) is 2.39. The van der Waals surface area contributed by atoms with E-state index in [1.54, 1.807) is 13.2 Å². The number of carbonyl (C=O) groups excluding carboxylic acids is 3. The summed E-state index contributed by atoms with van der Waals surface area (Å²) in [5.41, 5.74) is 1.40. The van der Waals surface area contributed by atoms with Gasteiger partial charge in [0.25, 0.3) is 5.88 Å². The molecule has 12 nitrogen and oxygen atoms in total. The number of fused-ring (bicyclic) bond motifs is 4. The van der Waals surface area contributed by atoms with Crippen molar-refractivity contribution >= 4 is 37.2 Å². The highest BCUT2D eigenvalue weighted by atomic mass is 28.4. The normalized spacial score (nSPS) is 25.4. The van der Waals surface area contributed by atoms with Gasteiger partial charge in [0.2, 0.25) is 17.5 Å². The molecule has 3 aliphatic carbocycles. The second-order valence-corrected chi connectivity index (χ2v) is 22.1. The van der Waals surface area contributed by atoms with Gasteiger partial charge in [0.15, 0.2) is 19.7 Å². The van der Waals surface area contributed by atoms with Crippen LogP contribution in [0.5, 0.6) is 11.6 Å². The molecule has 5 atom stereocenters. The van der Waals surface area contributed by atoms with E-state index in [0.717, 1.165) is 30.5 Å². The lowest BCUT2D eigenvalue weighted by molar-refractivity contribution is -0.140. The fraction of sp³-hybridized carbons (Fsp3) is 0.524. The quantitative estimate of drug-likeness (QED) is 0.173. The van der Waals surface area contributed by atoms with Crippen LogP contribution < -0.4 is 14.8 Å². The topological polar surface area (TPSA) is 144 Å². The van der Waals surface area contributed by atoms with Crippen molar-refractivity contribution in [3.8, 4) is 11.6 Å². The highest BCUT2D eigenvalue weighted by molar-refractivity contribution is 6.74. The van der Waals surface area contributed by atoms with E-state index in [9.17, 15) is 9.90 Å². The molecular weight excluding hydrogens is 717 g/mol. The number of methoxy groups -OCH3 is 1. The number of Topliss-reactive ketones (excluding diaryl/α,β-unsaturated/α-hetero) is 2. The number of hydrogen-bond donors (Lipinski definition) is 2. The number of aromatic nitrogens is 1. The first-order chi connectivity index (χ1) is 25.9. The molecule has 2 fully saturated rings. The third-order valence-corrected chi connectivity index (χ3v) is 17.3. The van der Waals surface area contributed by atoms with Crippen molar-refractivity contribution in [3.05, 3.63) is 75.5 Å². The summed E-state index contributed by atoms with van der Waals surface area (Å²) in [6, 6.07) is 10.5. The summed E-state index contributed by atoms with van der Waals surface area (Å²) < 4.78 is 25.3. The zero-order valence-corrected chi connectivity index (χ0v) is 34.7. The second kappa shape index (κ2) is 14.0. The van der Waals surface area contributed by atoms with Crippen LogP contribution in [0.15, 0.2) is 46.5 Å². The Bertz CT molecular complexity index is 2070. The van der Waals surface area contributed by atoms with Crippen molar-refractivity contribution in [2.45, 2.75) is 95.8 Å². The molecule has 0 spiro atoms. The Morgan fingerprint density at radius 2 is 1.85 bits per heavy atom. The van der Waals surface area contributed by atoms with Crippen molar-refractivity contribution in [2.24, 2.45) is 11.8 Å². The number of hydrogen-bond acceptors (Lipinski definition) is 11. The molecule has 13 heteroatoms. The number of aliphatic hydroxyl groups is 1. The Morgan fingerprint density at radius 3 is 2.47 bits per heavy atom. The lowest BCUT2D eigenvalue weighted by atomic mass is 9.57. The van der Waals surface area contributed by atoms with Crippen LogP contribution in [-0.4, -0.2) is 92.3 Å². The van der Waals surface area contributed by atoms with E-state index in [2.05, 4.69) is 31.2 Å². The van der Waals surface area contributed by atoms with Crippen LogP contribution in [0.1, 0.15) is 84.4 Å². The van der Waals surface area contributed by atoms with E-state index in [1.807, 2.05) is 81.3 Å². The van der Waals surface area contributed by atoms with Crippen molar-refractivity contribution in [2.75, 3.05) is 40.1 Å². The number of ketones is 2. The zero-order chi connectivity index (χ0) is 39.8. The van der Waals surface area contributed by atoms with E-state index in [0.29, 0.717) is 41.2 Å². The fourth-order valence-corrected chi connectivity index (χ4v) is 10.4. The molecule has 0 bridgehead atoms. The first-order valence-electron chi connectivity index (χ1n) is 19.2. The fourth-order valence-electron chi connectivity index (χ4n) is 8.95. The number of rotatable bonds is 9. The number of nitrogens with zero attached hydrogens (tertiary/aromatic N) is 3. The molecule has 55 heavy (non-hydrogen) atoms. The van der Waals surface area contributed by atoms with Crippen molar-refractivity contribution in [1.82, 2.24) is 15.0 Å². The van der Waals surface area contributed by atoms with Gasteiger partial charge in [-0.25, -0.2) is 0 Å². The Morgan fingerprint density at radius 1 is 1.15 bits per heavy atom. The SMILES string of the molecule is COc1cc(NC(=O)[C@@H]2CCCN2C)c(C)c2c1C[C@H]1C[C@H]3[C@H](N(C)C)c4onc(OCc5ccccc5)c4C(=O)[C@@]3(O[Si](C)(C)C(C)(C)C)C(=O)C1=C2O. The maximum atomic E-state index is 15.7. The average Bonchev–Trinajstić information content (AvgIpc) is 3.75. The Kier molecular flexibility index (Phi) is 9.93. The molecule has 3 aromatic rings. The molecule has 0 radical (unpaired) electrons. The smallest absolute Gasteiger partial charge is 0.265 e. The van der Waals surface area contributed by atoms with Gasteiger partial charge in [0.1, 0.15) is 23.7 Å². The highest BCUT2D eigenvalue weighted by Crippen LogP contribution is 2.59. The summed E-state index contributed by atoms with van der Waals surface area (Å²) in [7, 11) is 4.39. The van der Waals surface area contributed by atoms with Crippen LogP contribution in [0.4, 0.5) is 5.69 Å². The monoisotopic (exact) mass is 770 g/mol. The van der Waals surface area contributed by atoms with Crippen molar-refractivity contribution < 1.29 is 37.9 Å². The molecule has 2 aromatic carbocycles. The lowest BCUT2D eigenvalue weighted by Gasteiger charge is -2.55. The molecule has 2 N–H and O–H groups in total. The number of likely N-dealkylation sites (tertiary alicyclic amines) is 1. The Hall–Kier alpha value is -4.30. The summed E-state index contributed by atoms with van der Waals surface area (Å²) in [4.78, 5) is 48.7. The van der Waals surface area contributed by atoms with Gasteiger partial charge in [0, 0.05) is 34.4 Å². The van der Waals surface area contributed by atoms with Crippen LogP contribution in [-0.2, 0) is 27.0 Å². The maximum absolute atomic E-state index is 15.7. The van der Waals surface area contributed by atoms with Gasteiger partial charge < -0.3 is 28.8 Å². The lowest BCUT2D eigenvalue weighted by Crippen LogP contribution is -2.68. The van der Waals surface area contributed by atoms with Crippen molar-refractivity contribution in [1.29, 1.82) is 0 Å². The van der Waals surface area contributed by atoms with Crippen LogP contribution in [0, 0.1) is 18.8 Å². The molecule has 1 aliphatic heterocycles. The molecule has 1 amide bonds. The molecule has 294 valence electrons. The predicted octanol–water partition coefficient (Wildman–Crippen LogP) is 6.89. The van der Waals surface area contributed by atoms with Crippen LogP contribution in [0.2, 0.25) is 18.1 Å². The number of aliphatic hydroxyl groups excluding tert-OH is 1. The predicted molar refractivity (Wildman–Crippen MR) is 211 cm³/mol. The number of amides is 1. The second-order valence-electron chi connectivity index (χ2n) is 17.4. The summed E-state index contributed by atoms with van der Waals surface area (Å²) in [5, 5.41) is 19.4. The molecule has 1 saturated heterocycles. The van der Waals surface area contributed by atoms with Crippen LogP contribution in [0.3, 0.4) is 0 Å². The Labute approximate surface area is 324 Å². The Balaban J connectivity index is 1.39. The molecule has 1 saturated carbocycles. The summed E-state index contributed by atoms with van der Waals surface area (Å²) in [6.45, 7) is 13.1. The largest absolute Gasteiger partial charge is 0.507 e. The maximum Gasteiger partial charge on any atom is 0.265 e. The van der Waals surface area contributed by atoms with Gasteiger partial charge in [0.05, 0.1) is 19.2 Å². The third kappa shape index (κ3) is 6.23. The van der Waals surface area contributed by atoms with Gasteiger partial charge >= 0.3 is 0 Å². The number of anilines is 1. The molecular formula is C42H54N4O8Si. The third-order valence-electron chi connectivity index (χ3n) is 12.8. The minimum atomic E-state index is -2.90. The molecule has 2 heterocycles. The van der Waals surface area contributed by atoms with Gasteiger partial charge in [-0.15, -0.1) is 0 Å². The standard InChI is InChI=1S/C42H54N4O8Si/c1-23-28(43-39(50)29-17-14-18-46(29)7)21-30(51-8)26-19-25-20-27-34(45(5)6)36-33(40(44-53-36)52-22-24-15-12-11-13-16-24)38(49)42(27,54-55(9,10)41(2,3)4)37(48)32(25)35(47)31(23)26/h11-13,15-16,21,25,27,29,34,47H,14,17-20,22H2,1-10H3,(H,43,50)/t25-,27-,29-,34-,42-/m0/s1. The molecule has 1 aromatic heterocycles. The average molecular weight is 771 g/mol. The van der Waals surface area contributed by atoms with E-state index >= 15 is 9.59 Å². The van der Waals surface area contributed by atoms with Gasteiger partial charge in [-0.2, -0.15) is 0 Å². The number of ether oxygens (including phenoxy) is 2. The van der Waals surface area contributed by atoms with Crippen molar-refractivity contribution in [3.63, 3.8) is 0 Å². The zero-order valence-electron chi connectivity index (χ0n) is 33.7. The van der Waals surface area contributed by atoms with Gasteiger partial charge in [-0.3, -0.25) is 24.2 Å². The van der Waals surface area contributed by atoms with Crippen LogP contribution in [0.25, 0.3) is 5.76 Å². The minimum Gasteiger partial charge on any atom is -0.507 e. The first kappa shape index (κ1) is 39.0. The number of nitrogens with one attached hydrogen (secondary N) is 1. The minimum absolute atomic E-state index is 0.00310. The van der Waals surface area contributed by atoms with Crippen LogP contribution >= 0.6 is 0 Å². The van der Waals surface area contributed by atoms with E-state index < -0.39 is 43.4 Å². The van der Waals surface area contributed by atoms with Gasteiger partial charge in [-0.1, -0.05) is 51.1 Å². The summed E-state index contributed by atoms with van der Waals surface area (Å²) >= 11 is 0. The molecule has 7 rings (SSSR count). The van der Waals surface area contributed by atoms with E-state index in [-0.39, 0.29) is 46.4 Å². The van der Waals surface area contributed by atoms with E-state index in [4.69, 9.17) is 18.4 Å². The first-order valence-corrected chi connectivity index (χ1v) is 22.1.